The summed E-state index contributed by atoms with van der Waals surface area (Å²) in [5.74, 6) is 0.883. The molecule has 2 aliphatic rings. The lowest BCUT2D eigenvalue weighted by Gasteiger charge is -2.27. The Labute approximate surface area is 120 Å². The number of rotatable bonds is 4. The van der Waals surface area contributed by atoms with Crippen LogP contribution in [-0.2, 0) is 12.8 Å². The molecule has 1 fully saturated rings. The molecule has 1 atom stereocenters. The number of hydrogen-bond donors (Lipinski definition) is 1. The highest BCUT2D eigenvalue weighted by atomic mass is 16.2. The highest BCUT2D eigenvalue weighted by molar-refractivity contribution is 5.58. The Balaban J connectivity index is 1.90. The summed E-state index contributed by atoms with van der Waals surface area (Å²) in [5, 5.41) is 18.4. The van der Waals surface area contributed by atoms with Crippen molar-refractivity contribution in [1.29, 1.82) is 5.26 Å². The number of aryl methyl sites for hydroxylation is 2. The van der Waals surface area contributed by atoms with Gasteiger partial charge in [-0.1, -0.05) is 0 Å². The second kappa shape index (κ2) is 5.80. The Hall–Kier alpha value is -1.60. The van der Waals surface area contributed by atoms with E-state index in [9.17, 15) is 5.26 Å². The summed E-state index contributed by atoms with van der Waals surface area (Å²) >= 11 is 0. The zero-order valence-corrected chi connectivity index (χ0v) is 11.8. The molecule has 4 nitrogen and oxygen atoms in total. The van der Waals surface area contributed by atoms with Gasteiger partial charge in [0.05, 0.1) is 5.56 Å². The molecule has 3 rings (SSSR count). The average molecular weight is 271 g/mol. The van der Waals surface area contributed by atoms with E-state index >= 15 is 0 Å². The van der Waals surface area contributed by atoms with E-state index in [1.807, 2.05) is 6.07 Å². The number of anilines is 1. The van der Waals surface area contributed by atoms with Crippen LogP contribution in [0.15, 0.2) is 6.07 Å². The van der Waals surface area contributed by atoms with Crippen molar-refractivity contribution in [2.45, 2.75) is 51.0 Å². The van der Waals surface area contributed by atoms with Gasteiger partial charge in [-0.2, -0.15) is 5.26 Å². The summed E-state index contributed by atoms with van der Waals surface area (Å²) in [6, 6.07) is 4.80. The van der Waals surface area contributed by atoms with E-state index in [2.05, 4.69) is 11.0 Å². The summed E-state index contributed by atoms with van der Waals surface area (Å²) in [6.45, 7) is 1.23. The molecule has 0 bridgehead atoms. The molecule has 1 aromatic heterocycles. The lowest BCUT2D eigenvalue weighted by molar-refractivity contribution is 0.279. The Morgan fingerprint density at radius 3 is 3.10 bits per heavy atom. The average Bonchev–Trinajstić information content (AvgIpc) is 3.11. The zero-order chi connectivity index (χ0) is 13.9. The third-order valence-electron chi connectivity index (χ3n) is 4.50. The minimum absolute atomic E-state index is 0.243. The van der Waals surface area contributed by atoms with E-state index < -0.39 is 0 Å². The normalized spacial score (nSPS) is 21.0. The van der Waals surface area contributed by atoms with Gasteiger partial charge in [0.25, 0.3) is 0 Å². The van der Waals surface area contributed by atoms with Crippen LogP contribution in [0.1, 0.15) is 48.9 Å². The Bertz CT molecular complexity index is 535. The molecular weight excluding hydrogens is 250 g/mol. The fraction of sp³-hybridized carbons (Fsp3) is 0.625. The summed E-state index contributed by atoms with van der Waals surface area (Å²) in [6.07, 6.45) is 7.37. The van der Waals surface area contributed by atoms with Crippen molar-refractivity contribution < 1.29 is 5.11 Å². The third-order valence-corrected chi connectivity index (χ3v) is 4.50. The molecule has 1 aliphatic carbocycles. The van der Waals surface area contributed by atoms with Gasteiger partial charge in [0.15, 0.2) is 0 Å². The Morgan fingerprint density at radius 2 is 2.30 bits per heavy atom. The topological polar surface area (TPSA) is 60.2 Å². The van der Waals surface area contributed by atoms with Crippen molar-refractivity contribution in [3.63, 3.8) is 0 Å². The van der Waals surface area contributed by atoms with E-state index in [4.69, 9.17) is 10.1 Å². The number of aromatic nitrogens is 1. The first-order chi connectivity index (χ1) is 9.83. The predicted molar refractivity (Wildman–Crippen MR) is 77.7 cm³/mol. The van der Waals surface area contributed by atoms with Crippen molar-refractivity contribution in [2.24, 2.45) is 0 Å². The van der Waals surface area contributed by atoms with Gasteiger partial charge < -0.3 is 10.0 Å². The van der Waals surface area contributed by atoms with E-state index in [1.165, 1.54) is 11.3 Å². The molecule has 4 heteroatoms. The summed E-state index contributed by atoms with van der Waals surface area (Å²) in [7, 11) is 0. The molecule has 1 aromatic rings. The zero-order valence-electron chi connectivity index (χ0n) is 11.8. The van der Waals surface area contributed by atoms with Gasteiger partial charge in [-0.25, -0.2) is 4.98 Å². The van der Waals surface area contributed by atoms with Crippen LogP contribution < -0.4 is 4.90 Å². The van der Waals surface area contributed by atoms with Crippen molar-refractivity contribution >= 4 is 5.82 Å². The molecule has 20 heavy (non-hydrogen) atoms. The van der Waals surface area contributed by atoms with Crippen LogP contribution in [0.4, 0.5) is 5.82 Å². The molecule has 2 heterocycles. The van der Waals surface area contributed by atoms with Crippen LogP contribution in [0.2, 0.25) is 0 Å². The maximum atomic E-state index is 9.42. The first kappa shape index (κ1) is 13.4. The maximum absolute atomic E-state index is 9.42. The number of hydrogen-bond acceptors (Lipinski definition) is 4. The fourth-order valence-electron chi connectivity index (χ4n) is 3.50. The van der Waals surface area contributed by atoms with Crippen molar-refractivity contribution in [3.8, 4) is 6.07 Å². The van der Waals surface area contributed by atoms with Crippen LogP contribution in [0.5, 0.6) is 0 Å². The quantitative estimate of drug-likeness (QED) is 0.912. The fourth-order valence-corrected chi connectivity index (χ4v) is 3.50. The largest absolute Gasteiger partial charge is 0.396 e. The van der Waals surface area contributed by atoms with Crippen molar-refractivity contribution in [1.82, 2.24) is 4.98 Å². The standard InChI is InChI=1S/C16H21N3O/c17-11-13-10-12-4-1-7-15(12)18-16(13)19-8-2-5-14(19)6-3-9-20/h10,14,20H,1-9H2. The van der Waals surface area contributed by atoms with E-state index in [1.54, 1.807) is 0 Å². The van der Waals surface area contributed by atoms with Gasteiger partial charge in [0.2, 0.25) is 0 Å². The van der Waals surface area contributed by atoms with Crippen LogP contribution in [0.25, 0.3) is 0 Å². The monoisotopic (exact) mass is 271 g/mol. The number of aliphatic hydroxyl groups is 1. The number of nitriles is 1. The predicted octanol–water partition coefficient (Wildman–Crippen LogP) is 2.18. The van der Waals surface area contributed by atoms with Crippen molar-refractivity contribution in [2.75, 3.05) is 18.1 Å². The molecule has 1 N–H and O–H groups in total. The van der Waals surface area contributed by atoms with Crippen molar-refractivity contribution in [3.05, 3.63) is 22.9 Å². The molecule has 0 amide bonds. The second-order valence-corrected chi connectivity index (χ2v) is 5.79. The van der Waals surface area contributed by atoms with Gasteiger partial charge in [0, 0.05) is 24.9 Å². The van der Waals surface area contributed by atoms with Gasteiger partial charge in [-0.05, 0) is 56.6 Å². The number of aliphatic hydroxyl groups excluding tert-OH is 1. The van der Waals surface area contributed by atoms with E-state index in [-0.39, 0.29) is 6.61 Å². The number of fused-ring (bicyclic) bond motifs is 1. The molecule has 106 valence electrons. The lowest BCUT2D eigenvalue weighted by atomic mass is 10.1. The van der Waals surface area contributed by atoms with Crippen LogP contribution in [-0.4, -0.2) is 29.3 Å². The molecule has 1 unspecified atom stereocenters. The number of pyridine rings is 1. The molecule has 0 radical (unpaired) electrons. The molecule has 1 aliphatic heterocycles. The van der Waals surface area contributed by atoms with Crippen LogP contribution in [0, 0.1) is 11.3 Å². The Kier molecular flexibility index (Phi) is 3.88. The first-order valence-corrected chi connectivity index (χ1v) is 7.64. The number of nitrogens with zero attached hydrogens (tertiary/aromatic N) is 3. The molecule has 1 saturated heterocycles. The summed E-state index contributed by atoms with van der Waals surface area (Å²) in [5.41, 5.74) is 3.17. The minimum atomic E-state index is 0.243. The maximum Gasteiger partial charge on any atom is 0.147 e. The van der Waals surface area contributed by atoms with Gasteiger partial charge in [-0.3, -0.25) is 0 Å². The van der Waals surface area contributed by atoms with E-state index in [0.717, 1.165) is 62.9 Å². The summed E-state index contributed by atoms with van der Waals surface area (Å²) in [4.78, 5) is 7.10. The smallest absolute Gasteiger partial charge is 0.147 e. The Morgan fingerprint density at radius 1 is 1.40 bits per heavy atom. The lowest BCUT2D eigenvalue weighted by Crippen LogP contribution is -2.31. The molecular formula is C16H21N3O. The van der Waals surface area contributed by atoms with Crippen LogP contribution >= 0.6 is 0 Å². The summed E-state index contributed by atoms with van der Waals surface area (Å²) < 4.78 is 0. The highest BCUT2D eigenvalue weighted by Crippen LogP contribution is 2.32. The van der Waals surface area contributed by atoms with Crippen LogP contribution in [0.3, 0.4) is 0 Å². The molecule has 0 aromatic carbocycles. The SMILES string of the molecule is N#Cc1cc2c(nc1N1CCCC1CCCO)CCC2. The van der Waals surface area contributed by atoms with Gasteiger partial charge in [-0.15, -0.1) is 0 Å². The van der Waals surface area contributed by atoms with Gasteiger partial charge in [0.1, 0.15) is 11.9 Å². The second-order valence-electron chi connectivity index (χ2n) is 5.79. The first-order valence-electron chi connectivity index (χ1n) is 7.64. The minimum Gasteiger partial charge on any atom is -0.396 e. The molecule has 0 spiro atoms. The van der Waals surface area contributed by atoms with Gasteiger partial charge >= 0.3 is 0 Å². The van der Waals surface area contributed by atoms with E-state index in [0.29, 0.717) is 6.04 Å². The highest BCUT2D eigenvalue weighted by Gasteiger charge is 2.28. The molecule has 0 saturated carbocycles. The third kappa shape index (κ3) is 2.38.